The zero-order valence-electron chi connectivity index (χ0n) is 16.3. The van der Waals surface area contributed by atoms with Crippen molar-refractivity contribution in [1.82, 2.24) is 20.4 Å². The molecule has 1 fully saturated rings. The van der Waals surface area contributed by atoms with E-state index in [0.717, 1.165) is 45.0 Å². The van der Waals surface area contributed by atoms with Crippen LogP contribution in [-0.4, -0.2) is 47.1 Å². The van der Waals surface area contributed by atoms with Crippen LogP contribution in [0.1, 0.15) is 57.4 Å². The van der Waals surface area contributed by atoms with Crippen molar-refractivity contribution >= 4 is 29.9 Å². The van der Waals surface area contributed by atoms with Crippen LogP contribution in [0.3, 0.4) is 0 Å². The number of hydrogen-bond acceptors (Lipinski definition) is 3. The summed E-state index contributed by atoms with van der Waals surface area (Å²) < 4.78 is 1.99. The molecule has 0 aromatic carbocycles. The average molecular weight is 477 g/mol. The minimum absolute atomic E-state index is 0. The Balaban J connectivity index is 0.00000338. The van der Waals surface area contributed by atoms with Crippen LogP contribution >= 0.6 is 24.0 Å². The van der Waals surface area contributed by atoms with Gasteiger partial charge < -0.3 is 15.7 Å². The van der Waals surface area contributed by atoms with E-state index in [2.05, 4.69) is 35.8 Å². The van der Waals surface area contributed by atoms with Crippen molar-refractivity contribution in [2.24, 2.45) is 10.4 Å². The Labute approximate surface area is 175 Å². The Kier molecular flexibility index (Phi) is 11.2. The Morgan fingerprint density at radius 2 is 2.08 bits per heavy atom. The van der Waals surface area contributed by atoms with E-state index in [0.29, 0.717) is 0 Å². The van der Waals surface area contributed by atoms with Gasteiger partial charge in [0.2, 0.25) is 0 Å². The highest BCUT2D eigenvalue weighted by molar-refractivity contribution is 14.0. The number of aryl methyl sites for hydroxylation is 2. The molecule has 0 spiro atoms. The number of aliphatic imine (C=N–C) groups is 1. The molecule has 6 nitrogen and oxygen atoms in total. The van der Waals surface area contributed by atoms with E-state index in [4.69, 9.17) is 4.99 Å². The van der Waals surface area contributed by atoms with Crippen LogP contribution in [0, 0.1) is 12.3 Å². The third kappa shape index (κ3) is 7.82. The standard InChI is InChI=1S/C19H35N5O.HI/c1-3-20-18(21-11-7-12-24-15-17(2)14-23-24)22-16-19(10-13-25)8-5-4-6-9-19;/h14-15,25H,3-13,16H2,1-2H3,(H2,20,21,22);1H. The van der Waals surface area contributed by atoms with E-state index in [1.165, 1.54) is 37.7 Å². The minimum Gasteiger partial charge on any atom is -0.396 e. The zero-order valence-corrected chi connectivity index (χ0v) is 18.7. The van der Waals surface area contributed by atoms with Crippen molar-refractivity contribution < 1.29 is 5.11 Å². The molecular formula is C19H36IN5O. The van der Waals surface area contributed by atoms with Gasteiger partial charge in [0.1, 0.15) is 0 Å². The summed E-state index contributed by atoms with van der Waals surface area (Å²) in [5.41, 5.74) is 1.40. The predicted octanol–water partition coefficient (Wildman–Crippen LogP) is 3.09. The molecule has 1 aliphatic rings. The summed E-state index contributed by atoms with van der Waals surface area (Å²) in [5.74, 6) is 0.891. The number of rotatable bonds is 9. The first kappa shape index (κ1) is 23.2. The van der Waals surface area contributed by atoms with Crippen LogP contribution < -0.4 is 10.6 Å². The van der Waals surface area contributed by atoms with Crippen molar-refractivity contribution in [3.05, 3.63) is 18.0 Å². The molecule has 150 valence electrons. The van der Waals surface area contributed by atoms with Gasteiger partial charge in [-0.15, -0.1) is 24.0 Å². The van der Waals surface area contributed by atoms with Crippen molar-refractivity contribution in [2.45, 2.75) is 65.3 Å². The minimum atomic E-state index is 0. The monoisotopic (exact) mass is 477 g/mol. The second kappa shape index (κ2) is 12.5. The topological polar surface area (TPSA) is 74.5 Å². The Morgan fingerprint density at radius 3 is 2.69 bits per heavy atom. The first-order chi connectivity index (χ1) is 12.2. The number of aromatic nitrogens is 2. The number of hydrogen-bond donors (Lipinski definition) is 3. The van der Waals surface area contributed by atoms with Gasteiger partial charge in [0.05, 0.1) is 6.20 Å². The first-order valence-electron chi connectivity index (χ1n) is 9.79. The maximum atomic E-state index is 9.45. The molecule has 0 amide bonds. The lowest BCUT2D eigenvalue weighted by atomic mass is 9.72. The van der Waals surface area contributed by atoms with E-state index in [-0.39, 0.29) is 36.0 Å². The fourth-order valence-corrected chi connectivity index (χ4v) is 3.65. The van der Waals surface area contributed by atoms with Crippen LogP contribution in [0.2, 0.25) is 0 Å². The maximum absolute atomic E-state index is 9.45. The number of nitrogens with zero attached hydrogens (tertiary/aromatic N) is 3. The summed E-state index contributed by atoms with van der Waals surface area (Å²) in [6, 6.07) is 0. The van der Waals surface area contributed by atoms with Crippen molar-refractivity contribution in [3.8, 4) is 0 Å². The first-order valence-corrected chi connectivity index (χ1v) is 9.79. The second-order valence-corrected chi connectivity index (χ2v) is 7.29. The van der Waals surface area contributed by atoms with Gasteiger partial charge in [-0.3, -0.25) is 9.67 Å². The summed E-state index contributed by atoms with van der Waals surface area (Å²) in [5, 5.41) is 20.5. The summed E-state index contributed by atoms with van der Waals surface area (Å²) in [6.45, 7) is 7.87. The van der Waals surface area contributed by atoms with Gasteiger partial charge in [-0.2, -0.15) is 5.10 Å². The number of nitrogens with one attached hydrogen (secondary N) is 2. The lowest BCUT2D eigenvalue weighted by Crippen LogP contribution is -2.39. The number of aliphatic hydroxyl groups is 1. The summed E-state index contributed by atoms with van der Waals surface area (Å²) >= 11 is 0. The largest absolute Gasteiger partial charge is 0.396 e. The van der Waals surface area contributed by atoms with Gasteiger partial charge in [-0.05, 0) is 50.5 Å². The average Bonchev–Trinajstić information content (AvgIpc) is 3.03. The number of aliphatic hydroxyl groups excluding tert-OH is 1. The highest BCUT2D eigenvalue weighted by Gasteiger charge is 2.31. The third-order valence-electron chi connectivity index (χ3n) is 5.09. The summed E-state index contributed by atoms with van der Waals surface area (Å²) in [4.78, 5) is 4.84. The van der Waals surface area contributed by atoms with E-state index in [9.17, 15) is 5.11 Å². The van der Waals surface area contributed by atoms with Gasteiger partial charge in [0, 0.05) is 39.0 Å². The zero-order chi connectivity index (χ0) is 18.0. The maximum Gasteiger partial charge on any atom is 0.191 e. The molecule has 1 aromatic heterocycles. The molecule has 3 N–H and O–H groups in total. The van der Waals surface area contributed by atoms with Gasteiger partial charge in [0.25, 0.3) is 0 Å². The van der Waals surface area contributed by atoms with Crippen molar-refractivity contribution in [3.63, 3.8) is 0 Å². The van der Waals surface area contributed by atoms with Crippen LogP contribution in [0.15, 0.2) is 17.4 Å². The predicted molar refractivity (Wildman–Crippen MR) is 118 cm³/mol. The molecule has 1 heterocycles. The normalized spacial score (nSPS) is 16.8. The molecule has 1 aliphatic carbocycles. The van der Waals surface area contributed by atoms with Crippen LogP contribution in [-0.2, 0) is 6.54 Å². The summed E-state index contributed by atoms with van der Waals surface area (Å²) in [6.07, 6.45) is 12.1. The second-order valence-electron chi connectivity index (χ2n) is 7.29. The van der Waals surface area contributed by atoms with E-state index >= 15 is 0 Å². The molecule has 0 aliphatic heterocycles. The third-order valence-corrected chi connectivity index (χ3v) is 5.09. The van der Waals surface area contributed by atoms with E-state index in [1.54, 1.807) is 0 Å². The molecule has 0 saturated heterocycles. The summed E-state index contributed by atoms with van der Waals surface area (Å²) in [7, 11) is 0. The van der Waals surface area contributed by atoms with E-state index < -0.39 is 0 Å². The Hall–Kier alpha value is -0.830. The molecule has 2 rings (SSSR count). The van der Waals surface area contributed by atoms with Crippen molar-refractivity contribution in [1.29, 1.82) is 0 Å². The molecule has 7 heteroatoms. The van der Waals surface area contributed by atoms with Crippen LogP contribution in [0.5, 0.6) is 0 Å². The van der Waals surface area contributed by atoms with Crippen LogP contribution in [0.4, 0.5) is 0 Å². The lowest BCUT2D eigenvalue weighted by molar-refractivity contribution is 0.137. The Bertz CT molecular complexity index is 520. The molecule has 1 saturated carbocycles. The molecule has 1 aromatic rings. The van der Waals surface area contributed by atoms with E-state index in [1.807, 2.05) is 10.9 Å². The molecular weight excluding hydrogens is 441 g/mol. The number of halogens is 1. The fourth-order valence-electron chi connectivity index (χ4n) is 3.65. The molecule has 0 unspecified atom stereocenters. The SMILES string of the molecule is CCNC(=NCC1(CCO)CCCCC1)NCCCn1cc(C)cn1.I. The fraction of sp³-hybridized carbons (Fsp3) is 0.789. The van der Waals surface area contributed by atoms with Gasteiger partial charge in [-0.1, -0.05) is 19.3 Å². The molecule has 0 radical (unpaired) electrons. The molecule has 26 heavy (non-hydrogen) atoms. The smallest absolute Gasteiger partial charge is 0.191 e. The van der Waals surface area contributed by atoms with Crippen LogP contribution in [0.25, 0.3) is 0 Å². The van der Waals surface area contributed by atoms with Gasteiger partial charge in [0.15, 0.2) is 5.96 Å². The lowest BCUT2D eigenvalue weighted by Gasteiger charge is -2.35. The highest BCUT2D eigenvalue weighted by Crippen LogP contribution is 2.39. The van der Waals surface area contributed by atoms with Gasteiger partial charge in [-0.25, -0.2) is 0 Å². The van der Waals surface area contributed by atoms with Gasteiger partial charge >= 0.3 is 0 Å². The molecule has 0 atom stereocenters. The highest BCUT2D eigenvalue weighted by atomic mass is 127. The number of guanidine groups is 1. The quantitative estimate of drug-likeness (QED) is 0.221. The van der Waals surface area contributed by atoms with Crippen molar-refractivity contribution in [2.75, 3.05) is 26.2 Å². The molecule has 0 bridgehead atoms. The Morgan fingerprint density at radius 1 is 1.31 bits per heavy atom.